The highest BCUT2D eigenvalue weighted by Gasteiger charge is 2.34. The zero-order chi connectivity index (χ0) is 19.4. The van der Waals surface area contributed by atoms with Crippen LogP contribution in [0.3, 0.4) is 0 Å². The molecule has 0 radical (unpaired) electrons. The maximum absolute atomic E-state index is 12.3. The lowest BCUT2D eigenvalue weighted by Crippen LogP contribution is -2.36. The molecule has 1 aromatic rings. The van der Waals surface area contributed by atoms with Gasteiger partial charge in [-0.3, -0.25) is 0 Å². The second-order valence-corrected chi connectivity index (χ2v) is 8.75. The maximum atomic E-state index is 12.3. The highest BCUT2D eigenvalue weighted by Crippen LogP contribution is 2.36. The molecular weight excluding hydrogens is 340 g/mol. The Labute approximate surface area is 163 Å². The van der Waals surface area contributed by atoms with Crippen molar-refractivity contribution in [2.45, 2.75) is 65.4 Å². The van der Waals surface area contributed by atoms with Gasteiger partial charge < -0.3 is 14.2 Å². The minimum absolute atomic E-state index is 0.00223. The third-order valence-electron chi connectivity index (χ3n) is 6.41. The molecule has 0 aromatic heterocycles. The van der Waals surface area contributed by atoms with Crippen LogP contribution in [0.25, 0.3) is 0 Å². The predicted molar refractivity (Wildman–Crippen MR) is 106 cm³/mol. The van der Waals surface area contributed by atoms with Gasteiger partial charge in [0, 0.05) is 0 Å². The van der Waals surface area contributed by atoms with E-state index >= 15 is 0 Å². The first-order valence-corrected chi connectivity index (χ1v) is 10.5. The topological polar surface area (TPSA) is 44.8 Å². The Balaban J connectivity index is 1.50. The van der Waals surface area contributed by atoms with Crippen LogP contribution in [0.15, 0.2) is 18.2 Å². The van der Waals surface area contributed by atoms with Crippen molar-refractivity contribution in [2.24, 2.45) is 23.7 Å². The highest BCUT2D eigenvalue weighted by molar-refractivity contribution is 5.60. The maximum Gasteiger partial charge on any atom is 0.508 e. The van der Waals surface area contributed by atoms with E-state index in [0.29, 0.717) is 30.3 Å². The minimum Gasteiger partial charge on any atom is -0.496 e. The molecule has 0 amide bonds. The zero-order valence-electron chi connectivity index (χ0n) is 17.2. The van der Waals surface area contributed by atoms with Crippen LogP contribution >= 0.6 is 0 Å². The third-order valence-corrected chi connectivity index (χ3v) is 6.41. The molecule has 0 aliphatic heterocycles. The van der Waals surface area contributed by atoms with E-state index in [2.05, 4.69) is 26.8 Å². The molecule has 1 fully saturated rings. The van der Waals surface area contributed by atoms with Crippen LogP contribution in [-0.4, -0.2) is 26.0 Å². The van der Waals surface area contributed by atoms with E-state index in [4.69, 9.17) is 14.2 Å². The monoisotopic (exact) mass is 374 g/mol. The van der Waals surface area contributed by atoms with Crippen LogP contribution in [-0.2, 0) is 22.3 Å². The minimum atomic E-state index is -0.490. The first-order valence-electron chi connectivity index (χ1n) is 10.5. The van der Waals surface area contributed by atoms with Crippen LogP contribution in [0.5, 0.6) is 5.75 Å². The van der Waals surface area contributed by atoms with Gasteiger partial charge in [0.15, 0.2) is 0 Å². The van der Waals surface area contributed by atoms with Crippen LogP contribution < -0.4 is 4.74 Å². The molecule has 4 nitrogen and oxygen atoms in total. The van der Waals surface area contributed by atoms with Crippen LogP contribution in [0.4, 0.5) is 4.79 Å². The smallest absolute Gasteiger partial charge is 0.496 e. The molecule has 0 unspecified atom stereocenters. The molecule has 0 bridgehead atoms. The molecule has 2 aliphatic rings. The van der Waals surface area contributed by atoms with E-state index in [9.17, 15) is 4.79 Å². The zero-order valence-corrected chi connectivity index (χ0v) is 17.2. The van der Waals surface area contributed by atoms with Gasteiger partial charge in [-0.1, -0.05) is 39.3 Å². The molecule has 1 aromatic carbocycles. The van der Waals surface area contributed by atoms with E-state index in [0.717, 1.165) is 37.9 Å². The van der Waals surface area contributed by atoms with Crippen LogP contribution in [0.2, 0.25) is 0 Å². The SMILES string of the molecule is COc1cccc2c1CC[C@H](COC(=O)O[C@@H]1C[C@H](C)CC[C@H]1C(C)C)C2. The summed E-state index contributed by atoms with van der Waals surface area (Å²) in [5, 5.41) is 0. The fraction of sp³-hybridized carbons (Fsp3) is 0.696. The van der Waals surface area contributed by atoms with Crippen LogP contribution in [0.1, 0.15) is 57.6 Å². The number of hydrogen-bond acceptors (Lipinski definition) is 4. The van der Waals surface area contributed by atoms with Crippen molar-refractivity contribution in [1.82, 2.24) is 0 Å². The molecule has 4 heteroatoms. The molecule has 1 saturated carbocycles. The summed E-state index contributed by atoms with van der Waals surface area (Å²) in [6.07, 6.45) is 5.73. The molecular formula is C23H34O4. The lowest BCUT2D eigenvalue weighted by molar-refractivity contribution is -0.0361. The number of carbonyl (C=O) groups is 1. The Morgan fingerprint density at radius 2 is 2.04 bits per heavy atom. The van der Waals surface area contributed by atoms with Crippen molar-refractivity contribution < 1.29 is 19.0 Å². The number of ether oxygens (including phenoxy) is 3. The van der Waals surface area contributed by atoms with Crippen molar-refractivity contribution in [3.8, 4) is 5.75 Å². The summed E-state index contributed by atoms with van der Waals surface area (Å²) in [7, 11) is 1.72. The normalized spacial score (nSPS) is 27.7. The van der Waals surface area contributed by atoms with Crippen molar-refractivity contribution >= 4 is 6.16 Å². The van der Waals surface area contributed by atoms with Gasteiger partial charge in [0.1, 0.15) is 11.9 Å². The van der Waals surface area contributed by atoms with E-state index in [1.807, 2.05) is 12.1 Å². The Morgan fingerprint density at radius 1 is 1.22 bits per heavy atom. The Kier molecular flexibility index (Phi) is 6.67. The van der Waals surface area contributed by atoms with Crippen LogP contribution in [0, 0.1) is 23.7 Å². The summed E-state index contributed by atoms with van der Waals surface area (Å²) >= 11 is 0. The molecule has 0 N–H and O–H groups in total. The van der Waals surface area contributed by atoms with E-state index in [1.165, 1.54) is 17.5 Å². The molecule has 0 saturated heterocycles. The van der Waals surface area contributed by atoms with E-state index in [1.54, 1.807) is 7.11 Å². The first kappa shape index (κ1) is 20.0. The molecule has 150 valence electrons. The average Bonchev–Trinajstić information content (AvgIpc) is 2.65. The van der Waals surface area contributed by atoms with Gasteiger partial charge in [0.2, 0.25) is 0 Å². The summed E-state index contributed by atoms with van der Waals surface area (Å²) in [5.74, 6) is 2.91. The van der Waals surface area contributed by atoms with E-state index in [-0.39, 0.29) is 6.10 Å². The molecule has 3 rings (SSSR count). The molecule has 0 heterocycles. The summed E-state index contributed by atoms with van der Waals surface area (Å²) in [6, 6.07) is 6.20. The van der Waals surface area contributed by atoms with Gasteiger partial charge in [0.05, 0.1) is 13.7 Å². The summed E-state index contributed by atoms with van der Waals surface area (Å²) < 4.78 is 16.7. The number of fused-ring (bicyclic) bond motifs is 1. The number of hydrogen-bond donors (Lipinski definition) is 0. The van der Waals surface area contributed by atoms with Crippen molar-refractivity contribution in [3.63, 3.8) is 0 Å². The van der Waals surface area contributed by atoms with Crippen molar-refractivity contribution in [2.75, 3.05) is 13.7 Å². The second kappa shape index (κ2) is 8.99. The number of carbonyl (C=O) groups excluding carboxylic acids is 1. The van der Waals surface area contributed by atoms with Gasteiger partial charge in [-0.25, -0.2) is 4.79 Å². The molecule has 0 spiro atoms. The van der Waals surface area contributed by atoms with Gasteiger partial charge >= 0.3 is 6.16 Å². The fourth-order valence-electron chi connectivity index (χ4n) is 4.77. The van der Waals surface area contributed by atoms with Gasteiger partial charge in [-0.15, -0.1) is 0 Å². The number of rotatable bonds is 5. The predicted octanol–water partition coefficient (Wildman–Crippen LogP) is 5.41. The van der Waals surface area contributed by atoms with Crippen molar-refractivity contribution in [3.05, 3.63) is 29.3 Å². The highest BCUT2D eigenvalue weighted by atomic mass is 16.7. The third kappa shape index (κ3) is 4.97. The van der Waals surface area contributed by atoms with Crippen molar-refractivity contribution in [1.29, 1.82) is 0 Å². The number of methoxy groups -OCH3 is 1. The lowest BCUT2D eigenvalue weighted by atomic mass is 9.75. The molecule has 27 heavy (non-hydrogen) atoms. The van der Waals surface area contributed by atoms with Gasteiger partial charge in [0.25, 0.3) is 0 Å². The lowest BCUT2D eigenvalue weighted by Gasteiger charge is -2.36. The molecule has 2 aliphatic carbocycles. The Hall–Kier alpha value is -1.71. The van der Waals surface area contributed by atoms with Gasteiger partial charge in [-0.2, -0.15) is 0 Å². The summed E-state index contributed by atoms with van der Waals surface area (Å²) in [5.41, 5.74) is 2.61. The standard InChI is InChI=1S/C23H34O4/c1-15(2)19-10-8-16(3)12-22(19)27-23(24)26-14-17-9-11-20-18(13-17)6-5-7-21(20)25-4/h5-7,15-17,19,22H,8-14H2,1-4H3/t16-,17+,19+,22-/m1/s1. The second-order valence-electron chi connectivity index (χ2n) is 8.75. The largest absolute Gasteiger partial charge is 0.508 e. The van der Waals surface area contributed by atoms with E-state index < -0.39 is 6.16 Å². The fourth-order valence-corrected chi connectivity index (χ4v) is 4.77. The van der Waals surface area contributed by atoms with Gasteiger partial charge in [-0.05, 0) is 73.0 Å². The molecule has 4 atom stereocenters. The first-order chi connectivity index (χ1) is 13.0. The number of benzene rings is 1. The Morgan fingerprint density at radius 3 is 2.78 bits per heavy atom. The summed E-state index contributed by atoms with van der Waals surface area (Å²) in [4.78, 5) is 12.3. The average molecular weight is 375 g/mol. The quantitative estimate of drug-likeness (QED) is 0.646. The Bertz CT molecular complexity index is 639. The summed E-state index contributed by atoms with van der Waals surface area (Å²) in [6.45, 7) is 7.11.